The molecule has 1 heterocycles. The summed E-state index contributed by atoms with van der Waals surface area (Å²) in [5, 5.41) is 29.0. The molecule has 2 aromatic carbocycles. The smallest absolute Gasteiger partial charge is 0.339 e. The summed E-state index contributed by atoms with van der Waals surface area (Å²) in [4.78, 5) is 11.1. The largest absolute Gasteiger partial charge is 0.506 e. The number of hydrogen-bond acceptors (Lipinski definition) is 4. The summed E-state index contributed by atoms with van der Waals surface area (Å²) in [6.07, 6.45) is 1.48. The van der Waals surface area contributed by atoms with Crippen molar-refractivity contribution in [3.63, 3.8) is 0 Å². The van der Waals surface area contributed by atoms with Gasteiger partial charge in [-0.05, 0) is 29.8 Å². The molecular weight excluding hydrogens is 270 g/mol. The van der Waals surface area contributed by atoms with Crippen molar-refractivity contribution in [3.05, 3.63) is 53.8 Å². The SMILES string of the molecule is N#Cc1cc(-c2cccc(C(=O)O)c2O)c2ccoc2c1. The number of fused-ring (bicyclic) bond motifs is 1. The Balaban J connectivity index is 2.35. The molecule has 2 N–H and O–H groups in total. The first kappa shape index (κ1) is 12.8. The second-order valence-electron chi connectivity index (χ2n) is 4.47. The lowest BCUT2D eigenvalue weighted by atomic mass is 9.97. The third-order valence-electron chi connectivity index (χ3n) is 3.26. The molecule has 102 valence electrons. The van der Waals surface area contributed by atoms with Gasteiger partial charge in [0.15, 0.2) is 0 Å². The predicted molar refractivity (Wildman–Crippen MR) is 75.0 cm³/mol. The number of carboxylic acid groups (broad SMARTS) is 1. The highest BCUT2D eigenvalue weighted by Crippen LogP contribution is 2.37. The Morgan fingerprint density at radius 2 is 2.00 bits per heavy atom. The zero-order valence-corrected chi connectivity index (χ0v) is 10.7. The van der Waals surface area contributed by atoms with Crippen LogP contribution in [-0.4, -0.2) is 16.2 Å². The molecule has 5 nitrogen and oxygen atoms in total. The van der Waals surface area contributed by atoms with Gasteiger partial charge in [0.2, 0.25) is 0 Å². The van der Waals surface area contributed by atoms with Gasteiger partial charge in [-0.3, -0.25) is 0 Å². The molecule has 0 atom stereocenters. The van der Waals surface area contributed by atoms with Crippen LogP contribution < -0.4 is 0 Å². The van der Waals surface area contributed by atoms with Gasteiger partial charge in [0.1, 0.15) is 16.9 Å². The maximum absolute atomic E-state index is 11.1. The third-order valence-corrected chi connectivity index (χ3v) is 3.26. The Labute approximate surface area is 119 Å². The van der Waals surface area contributed by atoms with E-state index in [2.05, 4.69) is 0 Å². The summed E-state index contributed by atoms with van der Waals surface area (Å²) in [5.41, 5.74) is 1.58. The van der Waals surface area contributed by atoms with E-state index in [-0.39, 0.29) is 11.3 Å². The number of aromatic hydroxyl groups is 1. The topological polar surface area (TPSA) is 94.5 Å². The maximum Gasteiger partial charge on any atom is 0.339 e. The van der Waals surface area contributed by atoms with E-state index in [1.165, 1.54) is 12.3 Å². The fourth-order valence-electron chi connectivity index (χ4n) is 2.29. The molecule has 0 aliphatic heterocycles. The van der Waals surface area contributed by atoms with Crippen molar-refractivity contribution in [2.45, 2.75) is 0 Å². The summed E-state index contributed by atoms with van der Waals surface area (Å²) in [5.74, 6) is -1.54. The van der Waals surface area contributed by atoms with E-state index >= 15 is 0 Å². The molecular formula is C16H9NO4. The second-order valence-corrected chi connectivity index (χ2v) is 4.47. The van der Waals surface area contributed by atoms with Crippen molar-refractivity contribution in [1.29, 1.82) is 5.26 Å². The first-order valence-electron chi connectivity index (χ1n) is 6.09. The predicted octanol–water partition coefficient (Wildman–Crippen LogP) is 3.38. The number of aromatic carboxylic acids is 1. The fourth-order valence-corrected chi connectivity index (χ4v) is 2.29. The molecule has 0 radical (unpaired) electrons. The molecule has 3 rings (SSSR count). The van der Waals surface area contributed by atoms with Crippen LogP contribution in [-0.2, 0) is 0 Å². The number of rotatable bonds is 2. The number of hydrogen-bond donors (Lipinski definition) is 2. The molecule has 0 saturated heterocycles. The maximum atomic E-state index is 11.1. The van der Waals surface area contributed by atoms with Gasteiger partial charge in [-0.1, -0.05) is 12.1 Å². The molecule has 21 heavy (non-hydrogen) atoms. The van der Waals surface area contributed by atoms with E-state index in [9.17, 15) is 9.90 Å². The monoisotopic (exact) mass is 279 g/mol. The lowest BCUT2D eigenvalue weighted by Crippen LogP contribution is -1.97. The van der Waals surface area contributed by atoms with Gasteiger partial charge in [0.25, 0.3) is 0 Å². The molecule has 0 saturated carbocycles. The van der Waals surface area contributed by atoms with E-state index in [0.717, 1.165) is 0 Å². The van der Waals surface area contributed by atoms with Crippen molar-refractivity contribution in [2.24, 2.45) is 0 Å². The van der Waals surface area contributed by atoms with Crippen LogP contribution >= 0.6 is 0 Å². The molecule has 0 aliphatic rings. The van der Waals surface area contributed by atoms with Gasteiger partial charge >= 0.3 is 5.97 Å². The lowest BCUT2D eigenvalue weighted by molar-refractivity contribution is 0.0694. The Bertz CT molecular complexity index is 902. The van der Waals surface area contributed by atoms with Crippen LogP contribution in [0.5, 0.6) is 5.75 Å². The first-order chi connectivity index (χ1) is 10.1. The quantitative estimate of drug-likeness (QED) is 0.749. The summed E-state index contributed by atoms with van der Waals surface area (Å²) < 4.78 is 5.29. The van der Waals surface area contributed by atoms with Gasteiger partial charge in [0, 0.05) is 10.9 Å². The van der Waals surface area contributed by atoms with Crippen molar-refractivity contribution in [2.75, 3.05) is 0 Å². The number of para-hydroxylation sites is 1. The van der Waals surface area contributed by atoms with Crippen LogP contribution in [0.3, 0.4) is 0 Å². The molecule has 5 heteroatoms. The summed E-state index contributed by atoms with van der Waals surface area (Å²) in [7, 11) is 0. The molecule has 3 aromatic rings. The number of phenols is 1. The third kappa shape index (κ3) is 1.99. The standard InChI is InChI=1S/C16H9NO4/c17-8-9-6-13(10-4-5-21-14(10)7-9)11-2-1-3-12(15(11)18)16(19)20/h1-7,18H,(H,19,20). The first-order valence-corrected chi connectivity index (χ1v) is 6.09. The molecule has 0 aliphatic carbocycles. The highest BCUT2D eigenvalue weighted by atomic mass is 16.4. The average Bonchev–Trinajstić information content (AvgIpc) is 2.94. The van der Waals surface area contributed by atoms with Crippen LogP contribution in [0.1, 0.15) is 15.9 Å². The zero-order valence-electron chi connectivity index (χ0n) is 10.7. The van der Waals surface area contributed by atoms with E-state index in [4.69, 9.17) is 14.8 Å². The number of carboxylic acids is 1. The summed E-state index contributed by atoms with van der Waals surface area (Å²) in [6.45, 7) is 0. The molecule has 0 fully saturated rings. The van der Waals surface area contributed by atoms with Crippen molar-refractivity contribution >= 4 is 16.9 Å². The molecule has 0 spiro atoms. The summed E-state index contributed by atoms with van der Waals surface area (Å²) >= 11 is 0. The number of benzene rings is 2. The van der Waals surface area contributed by atoms with E-state index in [1.807, 2.05) is 6.07 Å². The van der Waals surface area contributed by atoms with Crippen LogP contribution in [0.25, 0.3) is 22.1 Å². The second kappa shape index (κ2) is 4.69. The van der Waals surface area contributed by atoms with Gasteiger partial charge in [-0.2, -0.15) is 5.26 Å². The highest BCUT2D eigenvalue weighted by molar-refractivity contribution is 6.00. The van der Waals surface area contributed by atoms with Crippen LogP contribution in [0, 0.1) is 11.3 Å². The van der Waals surface area contributed by atoms with Crippen molar-refractivity contribution < 1.29 is 19.4 Å². The minimum atomic E-state index is -1.21. The van der Waals surface area contributed by atoms with Crippen LogP contribution in [0.2, 0.25) is 0 Å². The Morgan fingerprint density at radius 3 is 2.71 bits per heavy atom. The summed E-state index contributed by atoms with van der Waals surface area (Å²) in [6, 6.07) is 11.4. The Morgan fingerprint density at radius 1 is 1.19 bits per heavy atom. The minimum Gasteiger partial charge on any atom is -0.506 e. The molecule has 1 aromatic heterocycles. The highest BCUT2D eigenvalue weighted by Gasteiger charge is 2.17. The minimum absolute atomic E-state index is 0.188. The Kier molecular flexibility index (Phi) is 2.85. The van der Waals surface area contributed by atoms with E-state index in [0.29, 0.717) is 27.7 Å². The zero-order chi connectivity index (χ0) is 15.0. The Hall–Kier alpha value is -3.26. The number of nitriles is 1. The fraction of sp³-hybridized carbons (Fsp3) is 0. The van der Waals surface area contributed by atoms with Gasteiger partial charge in [-0.15, -0.1) is 0 Å². The van der Waals surface area contributed by atoms with Crippen molar-refractivity contribution in [3.8, 4) is 22.9 Å². The number of nitrogens with zero attached hydrogens (tertiary/aromatic N) is 1. The van der Waals surface area contributed by atoms with Gasteiger partial charge in [0.05, 0.1) is 17.9 Å². The van der Waals surface area contributed by atoms with Gasteiger partial charge in [-0.25, -0.2) is 4.79 Å². The van der Waals surface area contributed by atoms with E-state index in [1.54, 1.807) is 30.3 Å². The molecule has 0 unspecified atom stereocenters. The van der Waals surface area contributed by atoms with Gasteiger partial charge < -0.3 is 14.6 Å². The van der Waals surface area contributed by atoms with Crippen molar-refractivity contribution in [1.82, 2.24) is 0 Å². The molecule has 0 amide bonds. The van der Waals surface area contributed by atoms with Crippen LogP contribution in [0.15, 0.2) is 47.1 Å². The van der Waals surface area contributed by atoms with E-state index < -0.39 is 5.97 Å². The molecule has 0 bridgehead atoms. The number of furan rings is 1. The van der Waals surface area contributed by atoms with Crippen LogP contribution in [0.4, 0.5) is 0 Å². The average molecular weight is 279 g/mol. The number of carbonyl (C=O) groups is 1. The lowest BCUT2D eigenvalue weighted by Gasteiger charge is -2.09. The normalized spacial score (nSPS) is 10.4.